The van der Waals surface area contributed by atoms with Crippen molar-refractivity contribution in [3.63, 3.8) is 0 Å². The monoisotopic (exact) mass is 362 g/mol. The molecule has 0 radical (unpaired) electrons. The molecule has 0 saturated heterocycles. The van der Waals surface area contributed by atoms with Gasteiger partial charge in [-0.1, -0.05) is 39.5 Å². The van der Waals surface area contributed by atoms with Gasteiger partial charge >= 0.3 is 12.1 Å². The Balaban J connectivity index is 3.64. The van der Waals surface area contributed by atoms with Crippen molar-refractivity contribution in [2.45, 2.75) is 53.4 Å². The summed E-state index contributed by atoms with van der Waals surface area (Å²) in [6.07, 6.45) is 4.14. The third kappa shape index (κ3) is 18.0. The maximum atomic E-state index is 11.5. The summed E-state index contributed by atoms with van der Waals surface area (Å²) in [5.74, 6) is 12.1. The van der Waals surface area contributed by atoms with Crippen LogP contribution in [0.3, 0.4) is 0 Å². The van der Waals surface area contributed by atoms with Crippen molar-refractivity contribution in [2.75, 3.05) is 26.2 Å². The van der Waals surface area contributed by atoms with Crippen molar-refractivity contribution >= 4 is 12.1 Å². The number of nitrogens with one attached hydrogen (secondary N) is 4. The summed E-state index contributed by atoms with van der Waals surface area (Å²) in [6.45, 7) is 10.5. The Morgan fingerprint density at radius 3 is 1.42 bits per heavy atom. The summed E-state index contributed by atoms with van der Waals surface area (Å²) in [4.78, 5) is 22.9. The van der Waals surface area contributed by atoms with Crippen molar-refractivity contribution in [3.8, 4) is 23.7 Å². The summed E-state index contributed by atoms with van der Waals surface area (Å²) < 4.78 is 0. The Morgan fingerprint density at radius 1 is 0.692 bits per heavy atom. The minimum Gasteiger partial charge on any atom is -0.338 e. The molecule has 4 N–H and O–H groups in total. The van der Waals surface area contributed by atoms with E-state index in [0.29, 0.717) is 24.9 Å². The van der Waals surface area contributed by atoms with Crippen molar-refractivity contribution in [3.05, 3.63) is 0 Å². The first-order valence-corrected chi connectivity index (χ1v) is 9.41. The van der Waals surface area contributed by atoms with E-state index >= 15 is 0 Å². The van der Waals surface area contributed by atoms with Crippen molar-refractivity contribution in [1.82, 2.24) is 21.3 Å². The molecule has 0 aliphatic rings. The minimum atomic E-state index is -0.216. The van der Waals surface area contributed by atoms with Crippen LogP contribution in [-0.2, 0) is 0 Å². The first kappa shape index (κ1) is 23.7. The molecule has 0 unspecified atom stereocenters. The van der Waals surface area contributed by atoms with Crippen molar-refractivity contribution in [1.29, 1.82) is 0 Å². The molecule has 6 nitrogen and oxygen atoms in total. The van der Waals surface area contributed by atoms with E-state index < -0.39 is 0 Å². The van der Waals surface area contributed by atoms with E-state index in [4.69, 9.17) is 0 Å². The van der Waals surface area contributed by atoms with Crippen LogP contribution in [0.1, 0.15) is 53.4 Å². The number of hydrogen-bond donors (Lipinski definition) is 4. The second-order valence-corrected chi connectivity index (χ2v) is 6.89. The normalized spacial score (nSPS) is 9.62. The molecule has 4 amide bonds. The molecule has 0 aromatic rings. The Hall–Kier alpha value is -2.34. The number of hydrogen-bond acceptors (Lipinski definition) is 2. The Bertz CT molecular complexity index is 473. The van der Waals surface area contributed by atoms with Gasteiger partial charge in [0.05, 0.1) is 13.1 Å². The lowest BCUT2D eigenvalue weighted by molar-refractivity contribution is 0.241. The van der Waals surface area contributed by atoms with Gasteiger partial charge in [0.2, 0.25) is 0 Å². The summed E-state index contributed by atoms with van der Waals surface area (Å²) in [5.41, 5.74) is 0. The highest BCUT2D eigenvalue weighted by molar-refractivity contribution is 5.74. The molecule has 0 heterocycles. The number of urea groups is 2. The van der Waals surface area contributed by atoms with Crippen LogP contribution in [0.4, 0.5) is 9.59 Å². The van der Waals surface area contributed by atoms with E-state index in [1.807, 2.05) is 0 Å². The molecular formula is C20H34N4O2. The number of rotatable bonds is 10. The second-order valence-electron chi connectivity index (χ2n) is 6.89. The SMILES string of the molecule is CC(C)CCCNC(=O)NCC#CC#CCNC(=O)NCCCC(C)C. The summed E-state index contributed by atoms with van der Waals surface area (Å²) in [7, 11) is 0. The van der Waals surface area contributed by atoms with E-state index in [9.17, 15) is 9.59 Å². The lowest BCUT2D eigenvalue weighted by atomic mass is 10.1. The van der Waals surface area contributed by atoms with Gasteiger partial charge in [-0.05, 0) is 49.4 Å². The van der Waals surface area contributed by atoms with Crippen LogP contribution in [0.2, 0.25) is 0 Å². The molecule has 6 heteroatoms. The third-order valence-electron chi connectivity index (χ3n) is 3.40. The van der Waals surface area contributed by atoms with Gasteiger partial charge in [-0.3, -0.25) is 0 Å². The molecule has 146 valence electrons. The topological polar surface area (TPSA) is 82.3 Å². The van der Waals surface area contributed by atoms with E-state index in [1.54, 1.807) is 0 Å². The lowest BCUT2D eigenvalue weighted by Crippen LogP contribution is -2.36. The van der Waals surface area contributed by atoms with E-state index in [-0.39, 0.29) is 25.2 Å². The fraction of sp³-hybridized carbons (Fsp3) is 0.700. The highest BCUT2D eigenvalue weighted by atomic mass is 16.2. The van der Waals surface area contributed by atoms with Crippen LogP contribution >= 0.6 is 0 Å². The predicted octanol–water partition coefficient (Wildman–Crippen LogP) is 2.46. The summed E-state index contributed by atoms with van der Waals surface area (Å²) in [6, 6.07) is -0.432. The lowest BCUT2D eigenvalue weighted by Gasteiger charge is -2.06. The van der Waals surface area contributed by atoms with E-state index in [0.717, 1.165) is 25.7 Å². The fourth-order valence-corrected chi connectivity index (χ4v) is 1.98. The van der Waals surface area contributed by atoms with Gasteiger partial charge in [-0.15, -0.1) is 0 Å². The molecule has 0 aliphatic heterocycles. The van der Waals surface area contributed by atoms with Crippen LogP contribution in [-0.4, -0.2) is 38.2 Å². The first-order valence-electron chi connectivity index (χ1n) is 9.41. The maximum Gasteiger partial charge on any atom is 0.315 e. The standard InChI is InChI=1S/C20H34N4O2/c1-17(2)11-9-15-23-19(25)21-13-7-5-6-8-14-22-20(26)24-16-10-12-18(3)4/h17-18H,9-16H2,1-4H3,(H2,21,23,25)(H2,22,24,26). The molecule has 0 bridgehead atoms. The average Bonchev–Trinajstić information content (AvgIpc) is 2.57. The molecular weight excluding hydrogens is 328 g/mol. The zero-order valence-electron chi connectivity index (χ0n) is 16.6. The van der Waals surface area contributed by atoms with Gasteiger partial charge in [0, 0.05) is 13.1 Å². The van der Waals surface area contributed by atoms with Crippen LogP contribution in [0.5, 0.6) is 0 Å². The molecule has 0 atom stereocenters. The highest BCUT2D eigenvalue weighted by Crippen LogP contribution is 2.02. The van der Waals surface area contributed by atoms with Crippen LogP contribution in [0.25, 0.3) is 0 Å². The van der Waals surface area contributed by atoms with Gasteiger partial charge in [0.1, 0.15) is 0 Å². The molecule has 26 heavy (non-hydrogen) atoms. The molecule has 0 aromatic carbocycles. The van der Waals surface area contributed by atoms with Gasteiger partial charge in [0.15, 0.2) is 0 Å². The molecule has 0 saturated carbocycles. The average molecular weight is 363 g/mol. The first-order chi connectivity index (χ1) is 12.4. The van der Waals surface area contributed by atoms with Crippen LogP contribution in [0.15, 0.2) is 0 Å². The largest absolute Gasteiger partial charge is 0.338 e. The highest BCUT2D eigenvalue weighted by Gasteiger charge is 1.99. The van der Waals surface area contributed by atoms with Gasteiger partial charge in [0.25, 0.3) is 0 Å². The zero-order chi connectivity index (χ0) is 19.6. The van der Waals surface area contributed by atoms with Gasteiger partial charge < -0.3 is 21.3 Å². The quantitative estimate of drug-likeness (QED) is 0.356. The number of carbonyl (C=O) groups is 2. The van der Waals surface area contributed by atoms with Crippen molar-refractivity contribution < 1.29 is 9.59 Å². The summed E-state index contributed by atoms with van der Waals surface area (Å²) in [5, 5.41) is 10.9. The summed E-state index contributed by atoms with van der Waals surface area (Å²) >= 11 is 0. The van der Waals surface area contributed by atoms with Crippen molar-refractivity contribution in [2.24, 2.45) is 11.8 Å². The van der Waals surface area contributed by atoms with Crippen LogP contribution < -0.4 is 21.3 Å². The smallest absolute Gasteiger partial charge is 0.315 e. The minimum absolute atomic E-state index is 0.216. The molecule has 0 aromatic heterocycles. The molecule has 0 fully saturated rings. The van der Waals surface area contributed by atoms with E-state index in [1.165, 1.54) is 0 Å². The zero-order valence-corrected chi connectivity index (χ0v) is 16.6. The van der Waals surface area contributed by atoms with Gasteiger partial charge in [-0.25, -0.2) is 9.59 Å². The second kappa shape index (κ2) is 16.1. The Kier molecular flexibility index (Phi) is 14.7. The number of amides is 4. The maximum absolute atomic E-state index is 11.5. The predicted molar refractivity (Wildman–Crippen MR) is 106 cm³/mol. The van der Waals surface area contributed by atoms with Gasteiger partial charge in [-0.2, -0.15) is 0 Å². The fourth-order valence-electron chi connectivity index (χ4n) is 1.98. The molecule has 0 aliphatic carbocycles. The molecule has 0 spiro atoms. The number of carbonyl (C=O) groups excluding carboxylic acids is 2. The Labute approximate surface area is 158 Å². The third-order valence-corrected chi connectivity index (χ3v) is 3.40. The van der Waals surface area contributed by atoms with E-state index in [2.05, 4.69) is 72.6 Å². The van der Waals surface area contributed by atoms with Crippen LogP contribution in [0, 0.1) is 35.5 Å². The Morgan fingerprint density at radius 2 is 1.08 bits per heavy atom. The molecule has 0 rings (SSSR count).